The van der Waals surface area contributed by atoms with E-state index in [0.717, 1.165) is 4.31 Å². The van der Waals surface area contributed by atoms with Crippen LogP contribution in [0.2, 0.25) is 5.02 Å². The predicted octanol–water partition coefficient (Wildman–Crippen LogP) is 2.82. The molecule has 29 heavy (non-hydrogen) atoms. The number of ether oxygens (including phenoxy) is 1. The fourth-order valence-corrected chi connectivity index (χ4v) is 4.03. The standard InChI is InChI=1S/C19H21ClFN3O4S/c1-23(2)29(26,27)14-4-5-16(20)15(12-14)19(25)22-13-3-6-18(17(21)11-13)24-7-9-28-10-8-24/h3-6,11-12H,7-10H2,1-2H3,(H,22,25). The van der Waals surface area contributed by atoms with Crippen LogP contribution in [0.4, 0.5) is 15.8 Å². The summed E-state index contributed by atoms with van der Waals surface area (Å²) in [6, 6.07) is 8.26. The van der Waals surface area contributed by atoms with Crippen molar-refractivity contribution < 1.29 is 22.3 Å². The Morgan fingerprint density at radius 3 is 2.48 bits per heavy atom. The molecule has 1 aliphatic heterocycles. The van der Waals surface area contributed by atoms with E-state index in [1.165, 1.54) is 38.4 Å². The number of nitrogens with zero attached hydrogens (tertiary/aromatic N) is 2. The Balaban J connectivity index is 1.82. The average Bonchev–Trinajstić information content (AvgIpc) is 2.68. The molecule has 2 aromatic carbocycles. The lowest BCUT2D eigenvalue weighted by atomic mass is 10.2. The highest BCUT2D eigenvalue weighted by Gasteiger charge is 2.21. The van der Waals surface area contributed by atoms with E-state index in [1.54, 1.807) is 12.1 Å². The Labute approximate surface area is 174 Å². The third kappa shape index (κ3) is 4.69. The monoisotopic (exact) mass is 441 g/mol. The molecular weight excluding hydrogens is 421 g/mol. The van der Waals surface area contributed by atoms with Crippen molar-refractivity contribution in [3.63, 3.8) is 0 Å². The van der Waals surface area contributed by atoms with Crippen molar-refractivity contribution in [2.45, 2.75) is 4.90 Å². The van der Waals surface area contributed by atoms with Crippen LogP contribution in [0.15, 0.2) is 41.3 Å². The van der Waals surface area contributed by atoms with Gasteiger partial charge in [-0.05, 0) is 36.4 Å². The maximum absolute atomic E-state index is 14.5. The SMILES string of the molecule is CN(C)S(=O)(=O)c1ccc(Cl)c(C(=O)Nc2ccc(N3CCOCC3)c(F)c2)c1. The summed E-state index contributed by atoms with van der Waals surface area (Å²) in [5, 5.41) is 2.65. The van der Waals surface area contributed by atoms with E-state index < -0.39 is 21.7 Å². The summed E-state index contributed by atoms with van der Waals surface area (Å²) in [6.07, 6.45) is 0. The summed E-state index contributed by atoms with van der Waals surface area (Å²) >= 11 is 6.08. The van der Waals surface area contributed by atoms with Gasteiger partial charge in [-0.1, -0.05) is 11.6 Å². The Kier molecular flexibility index (Phi) is 6.42. The van der Waals surface area contributed by atoms with Gasteiger partial charge in [-0.2, -0.15) is 0 Å². The lowest BCUT2D eigenvalue weighted by Crippen LogP contribution is -2.36. The molecule has 0 spiro atoms. The highest BCUT2D eigenvalue weighted by atomic mass is 35.5. The Morgan fingerprint density at radius 2 is 1.86 bits per heavy atom. The number of carbonyl (C=O) groups excluding carboxylic acids is 1. The van der Waals surface area contributed by atoms with E-state index in [4.69, 9.17) is 16.3 Å². The van der Waals surface area contributed by atoms with Gasteiger partial charge >= 0.3 is 0 Å². The van der Waals surface area contributed by atoms with Gasteiger partial charge in [-0.25, -0.2) is 17.1 Å². The smallest absolute Gasteiger partial charge is 0.257 e. The topological polar surface area (TPSA) is 79.0 Å². The van der Waals surface area contributed by atoms with Crippen molar-refractivity contribution in [3.8, 4) is 0 Å². The van der Waals surface area contributed by atoms with Crippen LogP contribution in [0, 0.1) is 5.82 Å². The first kappa shape index (κ1) is 21.5. The second kappa shape index (κ2) is 8.66. The molecule has 156 valence electrons. The first-order valence-corrected chi connectivity index (χ1v) is 10.7. The molecule has 0 radical (unpaired) electrons. The van der Waals surface area contributed by atoms with Crippen LogP contribution in [-0.4, -0.2) is 59.0 Å². The third-order valence-electron chi connectivity index (χ3n) is 4.52. The molecule has 3 rings (SSSR count). The number of halogens is 2. The number of hydrogen-bond donors (Lipinski definition) is 1. The zero-order valence-corrected chi connectivity index (χ0v) is 17.6. The maximum atomic E-state index is 14.5. The molecule has 1 amide bonds. The van der Waals surface area contributed by atoms with Gasteiger partial charge in [0.05, 0.1) is 34.4 Å². The van der Waals surface area contributed by atoms with Crippen molar-refractivity contribution >= 4 is 38.9 Å². The summed E-state index contributed by atoms with van der Waals surface area (Å²) in [7, 11) is -0.946. The highest BCUT2D eigenvalue weighted by Crippen LogP contribution is 2.26. The summed E-state index contributed by atoms with van der Waals surface area (Å²) < 4.78 is 45.4. The third-order valence-corrected chi connectivity index (χ3v) is 6.66. The Bertz CT molecular complexity index is 1020. The van der Waals surface area contributed by atoms with Gasteiger partial charge in [0.2, 0.25) is 10.0 Å². The van der Waals surface area contributed by atoms with Gasteiger partial charge in [0.1, 0.15) is 5.82 Å². The van der Waals surface area contributed by atoms with Gasteiger partial charge in [0.15, 0.2) is 0 Å². The van der Waals surface area contributed by atoms with Crippen LogP contribution < -0.4 is 10.2 Å². The summed E-state index contributed by atoms with van der Waals surface area (Å²) in [4.78, 5) is 14.4. The molecule has 0 atom stereocenters. The largest absolute Gasteiger partial charge is 0.378 e. The molecule has 1 saturated heterocycles. The number of nitrogens with one attached hydrogen (secondary N) is 1. The minimum absolute atomic E-state index is 0.0211. The van der Waals surface area contributed by atoms with Gasteiger partial charge in [-0.3, -0.25) is 4.79 Å². The molecule has 1 fully saturated rings. The number of benzene rings is 2. The van der Waals surface area contributed by atoms with Gasteiger partial charge in [-0.15, -0.1) is 0 Å². The Hall–Kier alpha value is -2.20. The van der Waals surface area contributed by atoms with E-state index in [2.05, 4.69) is 5.32 Å². The molecule has 1 heterocycles. The number of amides is 1. The lowest BCUT2D eigenvalue weighted by molar-refractivity contribution is 0.102. The van der Waals surface area contributed by atoms with Gasteiger partial charge in [0, 0.05) is 32.9 Å². The fourth-order valence-electron chi connectivity index (χ4n) is 2.89. The zero-order chi connectivity index (χ0) is 21.2. The minimum Gasteiger partial charge on any atom is -0.378 e. The van der Waals surface area contributed by atoms with Gasteiger partial charge < -0.3 is 15.0 Å². The lowest BCUT2D eigenvalue weighted by Gasteiger charge is -2.29. The van der Waals surface area contributed by atoms with Crippen molar-refractivity contribution in [2.75, 3.05) is 50.6 Å². The van der Waals surface area contributed by atoms with Gasteiger partial charge in [0.25, 0.3) is 5.91 Å². The summed E-state index contributed by atoms with van der Waals surface area (Å²) in [5.41, 5.74) is 0.650. The van der Waals surface area contributed by atoms with E-state index in [9.17, 15) is 17.6 Å². The zero-order valence-electron chi connectivity index (χ0n) is 16.0. The van der Waals surface area contributed by atoms with Crippen LogP contribution in [-0.2, 0) is 14.8 Å². The fraction of sp³-hybridized carbons (Fsp3) is 0.316. The number of carbonyl (C=O) groups is 1. The second-order valence-corrected chi connectivity index (χ2v) is 9.21. The van der Waals surface area contributed by atoms with Crippen LogP contribution in [0.25, 0.3) is 0 Å². The predicted molar refractivity (Wildman–Crippen MR) is 110 cm³/mol. The van der Waals surface area contributed by atoms with E-state index >= 15 is 0 Å². The minimum atomic E-state index is -3.73. The van der Waals surface area contributed by atoms with Crippen LogP contribution in [0.5, 0.6) is 0 Å². The van der Waals surface area contributed by atoms with Crippen LogP contribution in [0.1, 0.15) is 10.4 Å². The van der Waals surface area contributed by atoms with E-state index in [1.807, 2.05) is 4.90 Å². The van der Waals surface area contributed by atoms with Crippen LogP contribution >= 0.6 is 11.6 Å². The molecule has 10 heteroatoms. The number of hydrogen-bond acceptors (Lipinski definition) is 5. The van der Waals surface area contributed by atoms with Crippen molar-refractivity contribution in [1.29, 1.82) is 0 Å². The molecule has 0 unspecified atom stereocenters. The molecule has 7 nitrogen and oxygen atoms in total. The molecule has 0 aromatic heterocycles. The summed E-state index contributed by atoms with van der Waals surface area (Å²) in [6.45, 7) is 2.24. The summed E-state index contributed by atoms with van der Waals surface area (Å²) in [5.74, 6) is -1.11. The van der Waals surface area contributed by atoms with Crippen molar-refractivity contribution in [3.05, 3.63) is 52.8 Å². The normalized spacial score (nSPS) is 14.9. The first-order valence-electron chi connectivity index (χ1n) is 8.86. The van der Waals surface area contributed by atoms with E-state index in [0.29, 0.717) is 32.0 Å². The first-order chi connectivity index (χ1) is 13.7. The van der Waals surface area contributed by atoms with Crippen molar-refractivity contribution in [2.24, 2.45) is 0 Å². The quantitative estimate of drug-likeness (QED) is 0.771. The number of morpholine rings is 1. The average molecular weight is 442 g/mol. The number of anilines is 2. The van der Waals surface area contributed by atoms with E-state index in [-0.39, 0.29) is 21.2 Å². The molecule has 0 bridgehead atoms. The molecule has 1 aliphatic rings. The van der Waals surface area contributed by atoms with Crippen LogP contribution in [0.3, 0.4) is 0 Å². The maximum Gasteiger partial charge on any atom is 0.257 e. The highest BCUT2D eigenvalue weighted by molar-refractivity contribution is 7.89. The molecule has 1 N–H and O–H groups in total. The van der Waals surface area contributed by atoms with Crippen molar-refractivity contribution in [1.82, 2.24) is 4.31 Å². The number of sulfonamides is 1. The molecule has 0 saturated carbocycles. The number of rotatable bonds is 5. The molecule has 0 aliphatic carbocycles. The Morgan fingerprint density at radius 1 is 1.17 bits per heavy atom. The molecule has 2 aromatic rings. The molecular formula is C19H21ClFN3O4S. The second-order valence-electron chi connectivity index (χ2n) is 6.65.